The average molecular weight is 453 g/mol. The Morgan fingerprint density at radius 1 is 1.22 bits per heavy atom. The third-order valence-corrected chi connectivity index (χ3v) is 7.22. The molecule has 3 amide bonds. The van der Waals surface area contributed by atoms with Crippen molar-refractivity contribution in [1.82, 2.24) is 25.1 Å². The molecule has 3 saturated heterocycles. The molecule has 1 spiro atoms. The lowest BCUT2D eigenvalue weighted by Gasteiger charge is -2.51. The van der Waals surface area contributed by atoms with E-state index in [2.05, 4.69) is 15.3 Å². The second-order valence-corrected chi connectivity index (χ2v) is 9.60. The number of carbonyl (C=O) groups excluding carboxylic acids is 2. The lowest BCUT2D eigenvalue weighted by Crippen LogP contribution is -2.65. The molecule has 32 heavy (non-hydrogen) atoms. The van der Waals surface area contributed by atoms with Crippen LogP contribution in [0.25, 0.3) is 0 Å². The zero-order valence-corrected chi connectivity index (χ0v) is 17.6. The normalized spacial score (nSPS) is 29.5. The molecule has 0 radical (unpaired) electrons. The maximum atomic E-state index is 13.0. The van der Waals surface area contributed by atoms with Crippen molar-refractivity contribution in [3.05, 3.63) is 23.8 Å². The van der Waals surface area contributed by atoms with Gasteiger partial charge in [-0.25, -0.2) is 9.78 Å². The SMILES string of the molecule is O=C1CO[C@H]2CCN(C(=O)N3CC4(CC[C@@H](Cc5cnc(C(F)(F)F)cn5)C4)C3)C[C@H]2N1. The molecule has 174 valence electrons. The van der Waals surface area contributed by atoms with Gasteiger partial charge in [0.25, 0.3) is 0 Å². The standard InChI is InChI=1S/C21H26F3N5O3/c22-21(23,24)17-8-25-14(7-26-17)5-13-1-3-20(6-13)11-29(12-20)19(31)28-4-2-16-15(9-28)27-18(30)10-32-16/h7-8,13,15-16H,1-6,9-12H2,(H,27,30)/t13-,15+,16-/m0/s1. The molecule has 1 saturated carbocycles. The van der Waals surface area contributed by atoms with Crippen molar-refractivity contribution < 1.29 is 27.5 Å². The van der Waals surface area contributed by atoms with E-state index in [0.29, 0.717) is 50.6 Å². The van der Waals surface area contributed by atoms with Crippen LogP contribution in [0.5, 0.6) is 0 Å². The van der Waals surface area contributed by atoms with Gasteiger partial charge in [0.15, 0.2) is 5.69 Å². The summed E-state index contributed by atoms with van der Waals surface area (Å²) in [6.45, 7) is 2.58. The summed E-state index contributed by atoms with van der Waals surface area (Å²) >= 11 is 0. The first kappa shape index (κ1) is 21.4. The number of halogens is 3. The number of rotatable bonds is 2. The third kappa shape index (κ3) is 4.14. The van der Waals surface area contributed by atoms with Crippen molar-refractivity contribution in [2.45, 2.75) is 50.4 Å². The quantitative estimate of drug-likeness (QED) is 0.739. The molecule has 4 aliphatic rings. The fourth-order valence-electron chi connectivity index (χ4n) is 5.66. The molecule has 3 atom stereocenters. The molecular formula is C21H26F3N5O3. The van der Waals surface area contributed by atoms with Crippen LogP contribution in [0.15, 0.2) is 12.4 Å². The molecule has 1 aromatic rings. The number of hydrogen-bond acceptors (Lipinski definition) is 5. The van der Waals surface area contributed by atoms with Crippen molar-refractivity contribution in [3.8, 4) is 0 Å². The lowest BCUT2D eigenvalue weighted by molar-refractivity contribution is -0.141. The maximum Gasteiger partial charge on any atom is 0.434 e. The van der Waals surface area contributed by atoms with Gasteiger partial charge in [0.05, 0.1) is 24.0 Å². The van der Waals surface area contributed by atoms with E-state index in [1.165, 1.54) is 6.20 Å². The fraction of sp³-hybridized carbons (Fsp3) is 0.714. The van der Waals surface area contributed by atoms with E-state index < -0.39 is 11.9 Å². The predicted octanol–water partition coefficient (Wildman–Crippen LogP) is 1.85. The highest BCUT2D eigenvalue weighted by atomic mass is 19.4. The zero-order valence-electron chi connectivity index (χ0n) is 17.6. The van der Waals surface area contributed by atoms with Gasteiger partial charge in [0.1, 0.15) is 6.61 Å². The van der Waals surface area contributed by atoms with Crippen molar-refractivity contribution in [1.29, 1.82) is 0 Å². The Bertz CT molecular complexity index is 888. The second-order valence-electron chi connectivity index (χ2n) is 9.60. The highest BCUT2D eigenvalue weighted by molar-refractivity contribution is 5.79. The predicted molar refractivity (Wildman–Crippen MR) is 105 cm³/mol. The highest BCUT2D eigenvalue weighted by Crippen LogP contribution is 2.49. The van der Waals surface area contributed by atoms with Crippen molar-refractivity contribution in [2.75, 3.05) is 32.8 Å². The molecule has 1 aromatic heterocycles. The number of hydrogen-bond donors (Lipinski definition) is 1. The van der Waals surface area contributed by atoms with Crippen LogP contribution < -0.4 is 5.32 Å². The van der Waals surface area contributed by atoms with Crippen LogP contribution in [0.4, 0.5) is 18.0 Å². The summed E-state index contributed by atoms with van der Waals surface area (Å²) in [4.78, 5) is 35.6. The molecule has 4 fully saturated rings. The average Bonchev–Trinajstić information content (AvgIpc) is 3.15. The van der Waals surface area contributed by atoms with E-state index in [-0.39, 0.29) is 36.1 Å². The summed E-state index contributed by atoms with van der Waals surface area (Å²) in [7, 11) is 0. The molecule has 1 aliphatic carbocycles. The summed E-state index contributed by atoms with van der Waals surface area (Å²) in [5.41, 5.74) is -0.298. The Kier molecular flexibility index (Phi) is 5.26. The number of ether oxygens (including phenoxy) is 1. The molecular weight excluding hydrogens is 427 g/mol. The monoisotopic (exact) mass is 453 g/mol. The molecule has 5 rings (SSSR count). The Morgan fingerprint density at radius 3 is 2.75 bits per heavy atom. The zero-order chi connectivity index (χ0) is 22.5. The molecule has 0 aromatic carbocycles. The smallest absolute Gasteiger partial charge is 0.366 e. The minimum absolute atomic E-state index is 0.00551. The van der Waals surface area contributed by atoms with Crippen LogP contribution in [-0.2, 0) is 22.1 Å². The number of fused-ring (bicyclic) bond motifs is 1. The number of carbonyl (C=O) groups is 2. The Hall–Kier alpha value is -2.43. The van der Waals surface area contributed by atoms with Gasteiger partial charge >= 0.3 is 12.2 Å². The van der Waals surface area contributed by atoms with E-state index in [9.17, 15) is 22.8 Å². The lowest BCUT2D eigenvalue weighted by atomic mass is 9.77. The van der Waals surface area contributed by atoms with E-state index in [1.54, 1.807) is 4.90 Å². The van der Waals surface area contributed by atoms with Gasteiger partial charge in [0.2, 0.25) is 5.91 Å². The van der Waals surface area contributed by atoms with Crippen molar-refractivity contribution >= 4 is 11.9 Å². The van der Waals surface area contributed by atoms with Crippen LogP contribution in [0.3, 0.4) is 0 Å². The number of urea groups is 1. The Balaban J connectivity index is 1.11. The van der Waals surface area contributed by atoms with E-state index in [4.69, 9.17) is 4.74 Å². The van der Waals surface area contributed by atoms with E-state index >= 15 is 0 Å². The van der Waals surface area contributed by atoms with Gasteiger partial charge in [-0.15, -0.1) is 0 Å². The largest absolute Gasteiger partial charge is 0.434 e. The Labute approximate surface area is 183 Å². The second kappa shape index (κ2) is 7.86. The van der Waals surface area contributed by atoms with Gasteiger partial charge in [-0.2, -0.15) is 13.2 Å². The van der Waals surface area contributed by atoms with Crippen molar-refractivity contribution in [3.63, 3.8) is 0 Å². The van der Waals surface area contributed by atoms with Crippen LogP contribution in [0.1, 0.15) is 37.1 Å². The van der Waals surface area contributed by atoms with Gasteiger partial charge in [-0.3, -0.25) is 9.78 Å². The summed E-state index contributed by atoms with van der Waals surface area (Å²) in [6, 6.07) is -0.143. The van der Waals surface area contributed by atoms with Crippen LogP contribution in [0, 0.1) is 11.3 Å². The molecule has 8 nitrogen and oxygen atoms in total. The molecule has 1 N–H and O–H groups in total. The number of nitrogens with one attached hydrogen (secondary N) is 1. The highest BCUT2D eigenvalue weighted by Gasteiger charge is 2.51. The van der Waals surface area contributed by atoms with Crippen LogP contribution >= 0.6 is 0 Å². The summed E-state index contributed by atoms with van der Waals surface area (Å²) < 4.78 is 43.5. The molecule has 0 bridgehead atoms. The van der Waals surface area contributed by atoms with Crippen LogP contribution in [0.2, 0.25) is 0 Å². The van der Waals surface area contributed by atoms with Gasteiger partial charge in [0, 0.05) is 37.8 Å². The molecule has 11 heteroatoms. The summed E-state index contributed by atoms with van der Waals surface area (Å²) in [5.74, 6) is 0.196. The number of morpholine rings is 1. The molecule has 0 unspecified atom stereocenters. The topological polar surface area (TPSA) is 87.7 Å². The van der Waals surface area contributed by atoms with E-state index in [0.717, 1.165) is 25.5 Å². The first-order valence-corrected chi connectivity index (χ1v) is 11.0. The molecule has 4 heterocycles. The summed E-state index contributed by atoms with van der Waals surface area (Å²) in [5, 5.41) is 2.92. The minimum atomic E-state index is -4.48. The van der Waals surface area contributed by atoms with E-state index in [1.807, 2.05) is 4.90 Å². The van der Waals surface area contributed by atoms with Gasteiger partial charge in [-0.05, 0) is 38.0 Å². The summed E-state index contributed by atoms with van der Waals surface area (Å²) in [6.07, 6.45) is 1.76. The number of likely N-dealkylation sites (tertiary alicyclic amines) is 2. The van der Waals surface area contributed by atoms with Gasteiger partial charge in [-0.1, -0.05) is 0 Å². The number of amides is 3. The van der Waals surface area contributed by atoms with Gasteiger partial charge < -0.3 is 19.9 Å². The van der Waals surface area contributed by atoms with Crippen LogP contribution in [-0.4, -0.2) is 76.6 Å². The number of piperidine rings is 1. The first-order chi connectivity index (χ1) is 15.2. The molecule has 3 aliphatic heterocycles. The number of nitrogens with zero attached hydrogens (tertiary/aromatic N) is 4. The number of alkyl halides is 3. The first-order valence-electron chi connectivity index (χ1n) is 11.0. The minimum Gasteiger partial charge on any atom is -0.366 e. The number of aromatic nitrogens is 2. The Morgan fingerprint density at radius 2 is 2.03 bits per heavy atom. The fourth-order valence-corrected chi connectivity index (χ4v) is 5.66. The third-order valence-electron chi connectivity index (χ3n) is 7.22. The van der Waals surface area contributed by atoms with Crippen molar-refractivity contribution in [2.24, 2.45) is 11.3 Å². The maximum absolute atomic E-state index is 13.0.